The fraction of sp³-hybridized carbons (Fsp3) is 0.500. The highest BCUT2D eigenvalue weighted by Crippen LogP contribution is 2.35. The van der Waals surface area contributed by atoms with Gasteiger partial charge in [-0.3, -0.25) is 0 Å². The van der Waals surface area contributed by atoms with Crippen molar-refractivity contribution in [2.24, 2.45) is 5.92 Å². The lowest BCUT2D eigenvalue weighted by molar-refractivity contribution is 0.211. The van der Waals surface area contributed by atoms with Gasteiger partial charge >= 0.3 is 0 Å². The molecule has 4 heteroatoms. The van der Waals surface area contributed by atoms with Crippen molar-refractivity contribution in [3.63, 3.8) is 0 Å². The van der Waals surface area contributed by atoms with Gasteiger partial charge in [-0.15, -0.1) is 0 Å². The van der Waals surface area contributed by atoms with Crippen LogP contribution in [0.4, 0.5) is 0 Å². The summed E-state index contributed by atoms with van der Waals surface area (Å²) in [7, 11) is 0. The molecule has 4 rings (SSSR count). The van der Waals surface area contributed by atoms with Crippen LogP contribution in [0.2, 0.25) is 0 Å². The maximum Gasteiger partial charge on any atom is 0.262 e. The van der Waals surface area contributed by atoms with Crippen molar-refractivity contribution in [3.05, 3.63) is 47.2 Å². The van der Waals surface area contributed by atoms with Gasteiger partial charge in [-0.25, -0.2) is 4.98 Å². The minimum Gasteiger partial charge on any atom is -0.488 e. The lowest BCUT2D eigenvalue weighted by Gasteiger charge is -2.23. The molecule has 0 bridgehead atoms. The van der Waals surface area contributed by atoms with Gasteiger partial charge in [0.25, 0.3) is 5.88 Å². The first-order chi connectivity index (χ1) is 12.8. The van der Waals surface area contributed by atoms with Gasteiger partial charge in [-0.2, -0.15) is 0 Å². The maximum atomic E-state index is 6.28. The normalized spacial score (nSPS) is 19.7. The minimum atomic E-state index is 0.558. The molecule has 1 saturated heterocycles. The summed E-state index contributed by atoms with van der Waals surface area (Å²) >= 11 is 0. The Hall–Kier alpha value is -2.07. The first-order valence-electron chi connectivity index (χ1n) is 9.89. The van der Waals surface area contributed by atoms with Crippen LogP contribution in [-0.2, 0) is 12.8 Å². The van der Waals surface area contributed by atoms with Crippen LogP contribution < -0.4 is 14.8 Å². The Morgan fingerprint density at radius 3 is 2.88 bits per heavy atom. The molecule has 0 spiro atoms. The molecule has 1 N–H and O–H groups in total. The highest BCUT2D eigenvalue weighted by atomic mass is 16.5. The summed E-state index contributed by atoms with van der Waals surface area (Å²) in [5.41, 5.74) is 3.69. The molecule has 0 saturated carbocycles. The predicted octanol–water partition coefficient (Wildman–Crippen LogP) is 4.44. The van der Waals surface area contributed by atoms with E-state index in [4.69, 9.17) is 9.47 Å². The second kappa shape index (κ2) is 8.09. The van der Waals surface area contributed by atoms with E-state index in [1.807, 2.05) is 19.1 Å². The monoisotopic (exact) mass is 352 g/mol. The summed E-state index contributed by atoms with van der Waals surface area (Å²) < 4.78 is 12.4. The largest absolute Gasteiger partial charge is 0.488 e. The van der Waals surface area contributed by atoms with Gasteiger partial charge in [0, 0.05) is 18.2 Å². The average molecular weight is 352 g/mol. The lowest BCUT2D eigenvalue weighted by Crippen LogP contribution is -2.33. The standard InChI is InChI=1S/C22H28N2O2/c1-16-11-12-21(25-15-17-6-5-13-23-14-17)22(24-16)26-20-10-4-8-18-7-2-3-9-19(18)20/h4,8,10-12,17,23H,2-3,5-7,9,13-15H2,1H3. The third-order valence-electron chi connectivity index (χ3n) is 5.40. The fourth-order valence-electron chi connectivity index (χ4n) is 3.92. The zero-order valence-electron chi connectivity index (χ0n) is 15.6. The molecule has 26 heavy (non-hydrogen) atoms. The van der Waals surface area contributed by atoms with Crippen molar-refractivity contribution in [1.29, 1.82) is 0 Å². The smallest absolute Gasteiger partial charge is 0.262 e. The van der Waals surface area contributed by atoms with E-state index >= 15 is 0 Å². The van der Waals surface area contributed by atoms with E-state index in [0.29, 0.717) is 18.4 Å². The van der Waals surface area contributed by atoms with Crippen LogP contribution in [-0.4, -0.2) is 24.7 Å². The SMILES string of the molecule is Cc1ccc(OCC2CCCNC2)c(Oc2cccc3c2CCCC3)n1. The maximum absolute atomic E-state index is 6.28. The molecule has 4 nitrogen and oxygen atoms in total. The molecule has 2 aliphatic rings. The van der Waals surface area contributed by atoms with Crippen LogP contribution in [0.25, 0.3) is 0 Å². The van der Waals surface area contributed by atoms with Gasteiger partial charge in [0.05, 0.1) is 6.61 Å². The number of nitrogens with one attached hydrogen (secondary N) is 1. The summed E-state index contributed by atoms with van der Waals surface area (Å²) in [6, 6.07) is 10.3. The van der Waals surface area contributed by atoms with Gasteiger partial charge in [0.1, 0.15) is 5.75 Å². The van der Waals surface area contributed by atoms with Crippen molar-refractivity contribution >= 4 is 0 Å². The van der Waals surface area contributed by atoms with E-state index in [-0.39, 0.29) is 0 Å². The number of aromatic nitrogens is 1. The number of hydrogen-bond donors (Lipinski definition) is 1. The van der Waals surface area contributed by atoms with Crippen LogP contribution in [0.15, 0.2) is 30.3 Å². The number of benzene rings is 1. The number of piperidine rings is 1. The second-order valence-corrected chi connectivity index (χ2v) is 7.48. The van der Waals surface area contributed by atoms with Crippen molar-refractivity contribution in [3.8, 4) is 17.4 Å². The van der Waals surface area contributed by atoms with Crippen LogP contribution in [0.3, 0.4) is 0 Å². The summed E-state index contributed by atoms with van der Waals surface area (Å²) in [5.74, 6) is 2.83. The molecule has 0 radical (unpaired) electrons. The van der Waals surface area contributed by atoms with E-state index in [9.17, 15) is 0 Å². The predicted molar refractivity (Wildman–Crippen MR) is 103 cm³/mol. The highest BCUT2D eigenvalue weighted by molar-refractivity contribution is 5.45. The Labute approximate surface area is 155 Å². The Morgan fingerprint density at radius 2 is 2.00 bits per heavy atom. The van der Waals surface area contributed by atoms with Gasteiger partial charge in [0.15, 0.2) is 5.75 Å². The van der Waals surface area contributed by atoms with Crippen LogP contribution in [0, 0.1) is 12.8 Å². The summed E-state index contributed by atoms with van der Waals surface area (Å²) in [5, 5.41) is 3.44. The zero-order valence-corrected chi connectivity index (χ0v) is 15.6. The van der Waals surface area contributed by atoms with Gasteiger partial charge < -0.3 is 14.8 Å². The Morgan fingerprint density at radius 1 is 1.08 bits per heavy atom. The Bertz CT molecular complexity index is 754. The zero-order chi connectivity index (χ0) is 17.8. The van der Waals surface area contributed by atoms with E-state index in [1.54, 1.807) is 0 Å². The van der Waals surface area contributed by atoms with Crippen molar-refractivity contribution in [2.45, 2.75) is 45.4 Å². The molecule has 0 amide bonds. The van der Waals surface area contributed by atoms with Crippen molar-refractivity contribution in [1.82, 2.24) is 10.3 Å². The third kappa shape index (κ3) is 4.01. The number of nitrogens with zero attached hydrogens (tertiary/aromatic N) is 1. The molecule has 1 fully saturated rings. The number of aryl methyl sites for hydroxylation is 2. The summed E-state index contributed by atoms with van der Waals surface area (Å²) in [4.78, 5) is 4.62. The van der Waals surface area contributed by atoms with Gasteiger partial charge in [0.2, 0.25) is 0 Å². The van der Waals surface area contributed by atoms with Crippen LogP contribution >= 0.6 is 0 Å². The molecule has 1 aliphatic heterocycles. The third-order valence-corrected chi connectivity index (χ3v) is 5.40. The van der Waals surface area contributed by atoms with E-state index in [2.05, 4.69) is 28.5 Å². The van der Waals surface area contributed by atoms with Crippen LogP contribution in [0.5, 0.6) is 17.4 Å². The van der Waals surface area contributed by atoms with Gasteiger partial charge in [-0.05, 0) is 81.3 Å². The molecule has 1 aromatic heterocycles. The number of rotatable bonds is 5. The molecule has 2 heterocycles. The number of fused-ring (bicyclic) bond motifs is 1. The van der Waals surface area contributed by atoms with E-state index in [0.717, 1.165) is 43.1 Å². The first kappa shape index (κ1) is 17.3. The minimum absolute atomic E-state index is 0.558. The Balaban J connectivity index is 1.53. The second-order valence-electron chi connectivity index (χ2n) is 7.48. The van der Waals surface area contributed by atoms with E-state index < -0.39 is 0 Å². The molecule has 138 valence electrons. The highest BCUT2D eigenvalue weighted by Gasteiger charge is 2.18. The van der Waals surface area contributed by atoms with E-state index in [1.165, 1.54) is 36.8 Å². The number of ether oxygens (including phenoxy) is 2. The topological polar surface area (TPSA) is 43.4 Å². The molecule has 1 aliphatic carbocycles. The molecule has 1 aromatic carbocycles. The number of hydrogen-bond acceptors (Lipinski definition) is 4. The quantitative estimate of drug-likeness (QED) is 0.864. The first-order valence-corrected chi connectivity index (χ1v) is 9.89. The molecule has 1 atom stereocenters. The number of pyridine rings is 1. The van der Waals surface area contributed by atoms with Crippen molar-refractivity contribution < 1.29 is 9.47 Å². The average Bonchev–Trinajstić information content (AvgIpc) is 2.68. The molecular weight excluding hydrogens is 324 g/mol. The summed E-state index contributed by atoms with van der Waals surface area (Å²) in [6.07, 6.45) is 7.16. The lowest BCUT2D eigenvalue weighted by atomic mass is 9.91. The molecule has 2 aromatic rings. The molecule has 1 unspecified atom stereocenters. The summed E-state index contributed by atoms with van der Waals surface area (Å²) in [6.45, 7) is 4.85. The van der Waals surface area contributed by atoms with Gasteiger partial charge in [-0.1, -0.05) is 12.1 Å². The van der Waals surface area contributed by atoms with Crippen molar-refractivity contribution in [2.75, 3.05) is 19.7 Å². The molecular formula is C22H28N2O2. The Kier molecular flexibility index (Phi) is 5.40. The van der Waals surface area contributed by atoms with Crippen LogP contribution in [0.1, 0.15) is 42.5 Å². The fourth-order valence-corrected chi connectivity index (χ4v) is 3.92.